The van der Waals surface area contributed by atoms with E-state index in [0.717, 1.165) is 15.4 Å². The average Bonchev–Trinajstić information content (AvgIpc) is 2.86. The lowest BCUT2D eigenvalue weighted by Gasteiger charge is -2.34. The first kappa shape index (κ1) is 31.5. The van der Waals surface area contributed by atoms with Gasteiger partial charge in [0, 0.05) is 27.7 Å². The van der Waals surface area contributed by atoms with Crippen molar-refractivity contribution in [2.24, 2.45) is 0 Å². The van der Waals surface area contributed by atoms with E-state index < -0.39 is 40.0 Å². The molecular weight excluding hydrogens is 569 g/mol. The van der Waals surface area contributed by atoms with E-state index in [1.165, 1.54) is 17.0 Å². The van der Waals surface area contributed by atoms with Crippen molar-refractivity contribution < 1.29 is 18.0 Å². The molecule has 0 radical (unpaired) electrons. The predicted molar refractivity (Wildman–Crippen MR) is 161 cm³/mol. The summed E-state index contributed by atoms with van der Waals surface area (Å²) in [5.41, 5.74) is 2.06. The summed E-state index contributed by atoms with van der Waals surface area (Å²) < 4.78 is 28.8. The highest BCUT2D eigenvalue weighted by molar-refractivity contribution is 7.92. The number of nitrogens with one attached hydrogen (secondary N) is 1. The van der Waals surface area contributed by atoms with Gasteiger partial charge in [-0.15, -0.1) is 0 Å². The second-order valence-electron chi connectivity index (χ2n) is 10.8. The van der Waals surface area contributed by atoms with E-state index in [2.05, 4.69) is 5.32 Å². The molecule has 0 bridgehead atoms. The topological polar surface area (TPSA) is 86.8 Å². The maximum atomic E-state index is 14.0. The average molecular weight is 605 g/mol. The number of nitrogens with zero attached hydrogens (tertiary/aromatic N) is 2. The number of hydrogen-bond acceptors (Lipinski definition) is 4. The van der Waals surface area contributed by atoms with Crippen molar-refractivity contribution in [3.05, 3.63) is 93.5 Å². The van der Waals surface area contributed by atoms with Crippen LogP contribution in [-0.2, 0) is 26.2 Å². The molecule has 7 nitrogen and oxygen atoms in total. The summed E-state index contributed by atoms with van der Waals surface area (Å²) in [7, 11) is -4.14. The van der Waals surface area contributed by atoms with E-state index in [0.29, 0.717) is 21.3 Å². The van der Waals surface area contributed by atoms with Crippen LogP contribution in [0.4, 0.5) is 5.69 Å². The Morgan fingerprint density at radius 2 is 1.38 bits per heavy atom. The molecule has 0 aliphatic carbocycles. The van der Waals surface area contributed by atoms with Gasteiger partial charge in [0.2, 0.25) is 11.8 Å². The summed E-state index contributed by atoms with van der Waals surface area (Å²) in [5, 5.41) is 3.55. The van der Waals surface area contributed by atoms with Gasteiger partial charge in [0.15, 0.2) is 0 Å². The van der Waals surface area contributed by atoms with Crippen molar-refractivity contribution in [2.75, 3.05) is 10.8 Å². The minimum Gasteiger partial charge on any atom is -0.350 e. The Kier molecular flexibility index (Phi) is 9.93. The molecular formula is C30H35Cl2N3O4S. The first-order valence-electron chi connectivity index (χ1n) is 12.8. The lowest BCUT2D eigenvalue weighted by atomic mass is 10.1. The molecule has 0 heterocycles. The lowest BCUT2D eigenvalue weighted by molar-refractivity contribution is -0.140. The van der Waals surface area contributed by atoms with Crippen LogP contribution in [0.3, 0.4) is 0 Å². The van der Waals surface area contributed by atoms with Gasteiger partial charge in [-0.3, -0.25) is 13.9 Å². The van der Waals surface area contributed by atoms with Crippen LogP contribution in [0.2, 0.25) is 10.0 Å². The number of aryl methyl sites for hydroxylation is 2. The highest BCUT2D eigenvalue weighted by Crippen LogP contribution is 2.28. The molecule has 1 unspecified atom stereocenters. The number of rotatable bonds is 9. The first-order valence-corrected chi connectivity index (χ1v) is 15.0. The third-order valence-corrected chi connectivity index (χ3v) is 8.76. The van der Waals surface area contributed by atoms with Gasteiger partial charge in [-0.1, -0.05) is 64.7 Å². The molecule has 0 saturated carbocycles. The molecule has 40 heavy (non-hydrogen) atoms. The SMILES string of the molecule is Cc1ccc(N(CC(=O)N(Cc2c(Cl)cccc2Cl)C(C)C(=O)NC(C)(C)C)S(=O)(=O)c2ccc(C)cc2)cc1. The summed E-state index contributed by atoms with van der Waals surface area (Å²) in [5.74, 6) is -0.990. The zero-order valence-electron chi connectivity index (χ0n) is 23.5. The number of amides is 2. The summed E-state index contributed by atoms with van der Waals surface area (Å²) in [4.78, 5) is 28.6. The van der Waals surface area contributed by atoms with Crippen molar-refractivity contribution in [2.45, 2.75) is 64.6 Å². The molecule has 1 N–H and O–H groups in total. The standard InChI is InChI=1S/C30H35Cl2N3O4S/c1-20-10-14-23(15-11-20)35(40(38,39)24-16-12-21(2)13-17-24)19-28(36)34(22(3)29(37)33-30(4,5)6)18-25-26(31)8-7-9-27(25)32/h7-17,22H,18-19H2,1-6H3,(H,33,37). The number of halogens is 2. The van der Waals surface area contributed by atoms with Crippen LogP contribution in [-0.4, -0.2) is 43.3 Å². The van der Waals surface area contributed by atoms with Gasteiger partial charge < -0.3 is 10.2 Å². The summed E-state index contributed by atoms with van der Waals surface area (Å²) in [6.45, 7) is 10.2. The monoisotopic (exact) mass is 603 g/mol. The van der Waals surface area contributed by atoms with Gasteiger partial charge in [-0.2, -0.15) is 0 Å². The molecule has 3 aromatic rings. The van der Waals surface area contributed by atoms with E-state index in [1.807, 2.05) is 34.6 Å². The molecule has 0 aliphatic rings. The number of sulfonamides is 1. The molecule has 214 valence electrons. The second kappa shape index (κ2) is 12.6. The molecule has 0 aromatic heterocycles. The molecule has 1 atom stereocenters. The zero-order valence-corrected chi connectivity index (χ0v) is 25.9. The summed E-state index contributed by atoms with van der Waals surface area (Å²) in [6, 6.07) is 17.3. The van der Waals surface area contributed by atoms with Crippen molar-refractivity contribution in [3.8, 4) is 0 Å². The third kappa shape index (κ3) is 7.77. The fraction of sp³-hybridized carbons (Fsp3) is 0.333. The van der Waals surface area contributed by atoms with Gasteiger partial charge >= 0.3 is 0 Å². The van der Waals surface area contributed by atoms with Crippen LogP contribution in [0.1, 0.15) is 44.4 Å². The highest BCUT2D eigenvalue weighted by Gasteiger charge is 2.34. The number of carbonyl (C=O) groups is 2. The largest absolute Gasteiger partial charge is 0.350 e. The maximum absolute atomic E-state index is 14.0. The van der Waals surface area contributed by atoms with Crippen LogP contribution >= 0.6 is 23.2 Å². The zero-order chi connectivity index (χ0) is 29.8. The molecule has 10 heteroatoms. The van der Waals surface area contributed by atoms with Crippen molar-refractivity contribution >= 4 is 50.7 Å². The Morgan fingerprint density at radius 1 is 0.875 bits per heavy atom. The number of carbonyl (C=O) groups excluding carboxylic acids is 2. The summed E-state index contributed by atoms with van der Waals surface area (Å²) >= 11 is 12.8. The number of benzene rings is 3. The van der Waals surface area contributed by atoms with Crippen LogP contribution < -0.4 is 9.62 Å². The fourth-order valence-corrected chi connectivity index (χ4v) is 5.92. The van der Waals surface area contributed by atoms with E-state index in [1.54, 1.807) is 61.5 Å². The fourth-order valence-electron chi connectivity index (χ4n) is 3.99. The molecule has 0 saturated heterocycles. The van der Waals surface area contributed by atoms with Gasteiger partial charge in [0.05, 0.1) is 10.6 Å². The first-order chi connectivity index (χ1) is 18.6. The number of anilines is 1. The Balaban J connectivity index is 2.07. The molecule has 0 aliphatic heterocycles. The Bertz CT molecular complexity index is 1450. The smallest absolute Gasteiger partial charge is 0.264 e. The minimum absolute atomic E-state index is 0.0469. The molecule has 3 rings (SSSR count). The van der Waals surface area contributed by atoms with Gasteiger partial charge in [-0.05, 0) is 77.9 Å². The molecule has 0 fully saturated rings. The van der Waals surface area contributed by atoms with Crippen LogP contribution in [0, 0.1) is 13.8 Å². The minimum atomic E-state index is -4.14. The Labute approximate surface area is 247 Å². The number of hydrogen-bond donors (Lipinski definition) is 1. The van der Waals surface area contributed by atoms with Crippen LogP contribution in [0.5, 0.6) is 0 Å². The van der Waals surface area contributed by atoms with E-state index in [-0.39, 0.29) is 11.4 Å². The lowest BCUT2D eigenvalue weighted by Crippen LogP contribution is -2.54. The summed E-state index contributed by atoms with van der Waals surface area (Å²) in [6.07, 6.45) is 0. The molecule has 2 amide bonds. The maximum Gasteiger partial charge on any atom is 0.264 e. The van der Waals surface area contributed by atoms with Crippen LogP contribution in [0.25, 0.3) is 0 Å². The predicted octanol–water partition coefficient (Wildman–Crippen LogP) is 6.14. The Hall–Kier alpha value is -3.07. The van der Waals surface area contributed by atoms with Crippen LogP contribution in [0.15, 0.2) is 71.6 Å². The van der Waals surface area contributed by atoms with Gasteiger partial charge in [-0.25, -0.2) is 8.42 Å². The normalized spacial score (nSPS) is 12.5. The molecule has 3 aromatic carbocycles. The molecule has 0 spiro atoms. The van der Waals surface area contributed by atoms with Crippen molar-refractivity contribution in [1.82, 2.24) is 10.2 Å². The Morgan fingerprint density at radius 3 is 1.88 bits per heavy atom. The van der Waals surface area contributed by atoms with E-state index >= 15 is 0 Å². The van der Waals surface area contributed by atoms with E-state index in [9.17, 15) is 18.0 Å². The van der Waals surface area contributed by atoms with Crippen molar-refractivity contribution in [3.63, 3.8) is 0 Å². The van der Waals surface area contributed by atoms with Gasteiger partial charge in [0.25, 0.3) is 10.0 Å². The van der Waals surface area contributed by atoms with E-state index in [4.69, 9.17) is 23.2 Å². The highest BCUT2D eigenvalue weighted by atomic mass is 35.5. The second-order valence-corrected chi connectivity index (χ2v) is 13.5. The van der Waals surface area contributed by atoms with Gasteiger partial charge in [0.1, 0.15) is 12.6 Å². The quantitative estimate of drug-likeness (QED) is 0.318. The van der Waals surface area contributed by atoms with Crippen molar-refractivity contribution in [1.29, 1.82) is 0 Å². The third-order valence-electron chi connectivity index (χ3n) is 6.27.